The fourth-order valence-electron chi connectivity index (χ4n) is 1.38. The van der Waals surface area contributed by atoms with Crippen molar-refractivity contribution in [1.29, 1.82) is 0 Å². The van der Waals surface area contributed by atoms with Gasteiger partial charge in [0.1, 0.15) is 11.6 Å². The van der Waals surface area contributed by atoms with Gasteiger partial charge in [-0.25, -0.2) is 0 Å². The number of aromatic nitrogens is 2. The lowest BCUT2D eigenvalue weighted by atomic mass is 10.1. The molecule has 5 heteroatoms. The lowest BCUT2D eigenvalue weighted by Gasteiger charge is -2.11. The first-order valence-electron chi connectivity index (χ1n) is 5.17. The van der Waals surface area contributed by atoms with Gasteiger partial charge in [-0.05, 0) is 18.3 Å². The highest BCUT2D eigenvalue weighted by atomic mass is 15.1. The van der Waals surface area contributed by atoms with Crippen LogP contribution in [-0.4, -0.2) is 23.6 Å². The molecular weight excluding hydrogens is 190 g/mol. The minimum Gasteiger partial charge on any atom is -0.373 e. The Labute approximate surface area is 89.5 Å². The van der Waals surface area contributed by atoms with Gasteiger partial charge in [-0.3, -0.25) is 0 Å². The molecule has 1 aliphatic rings. The molecule has 5 nitrogen and oxygen atoms in total. The molecule has 0 spiro atoms. The molecule has 0 aliphatic heterocycles. The molecule has 1 aliphatic carbocycles. The van der Waals surface area contributed by atoms with Crippen LogP contribution in [0.5, 0.6) is 0 Å². The summed E-state index contributed by atoms with van der Waals surface area (Å²) in [5.74, 6) is 1.83. The quantitative estimate of drug-likeness (QED) is 0.694. The van der Waals surface area contributed by atoms with Crippen molar-refractivity contribution in [3.8, 4) is 0 Å². The number of nitrogens with one attached hydrogen (secondary N) is 2. The van der Waals surface area contributed by atoms with E-state index in [1.165, 1.54) is 12.8 Å². The van der Waals surface area contributed by atoms with Crippen molar-refractivity contribution in [2.75, 3.05) is 30.0 Å². The first-order valence-corrected chi connectivity index (χ1v) is 5.17. The van der Waals surface area contributed by atoms with Crippen molar-refractivity contribution in [3.63, 3.8) is 0 Å². The average molecular weight is 207 g/mol. The predicted molar refractivity (Wildman–Crippen MR) is 61.8 cm³/mol. The monoisotopic (exact) mass is 207 g/mol. The molecule has 82 valence electrons. The zero-order valence-corrected chi connectivity index (χ0v) is 9.17. The largest absolute Gasteiger partial charge is 0.373 e. The van der Waals surface area contributed by atoms with Crippen LogP contribution in [0.1, 0.15) is 19.8 Å². The van der Waals surface area contributed by atoms with Crippen LogP contribution in [0.3, 0.4) is 0 Å². The molecule has 1 saturated carbocycles. The van der Waals surface area contributed by atoms with Crippen molar-refractivity contribution in [1.82, 2.24) is 9.97 Å². The van der Waals surface area contributed by atoms with Gasteiger partial charge in [0.2, 0.25) is 5.95 Å². The Kier molecular flexibility index (Phi) is 2.38. The Morgan fingerprint density at radius 2 is 2.07 bits per heavy atom. The first-order chi connectivity index (χ1) is 7.11. The van der Waals surface area contributed by atoms with E-state index in [9.17, 15) is 0 Å². The van der Waals surface area contributed by atoms with Crippen molar-refractivity contribution in [2.24, 2.45) is 5.41 Å². The van der Waals surface area contributed by atoms with E-state index < -0.39 is 0 Å². The maximum Gasteiger partial charge on any atom is 0.223 e. The number of nitrogen functional groups attached to an aromatic ring is 1. The molecule has 0 unspecified atom stereocenters. The zero-order valence-electron chi connectivity index (χ0n) is 9.17. The second kappa shape index (κ2) is 3.56. The number of rotatable bonds is 4. The van der Waals surface area contributed by atoms with Crippen molar-refractivity contribution in [3.05, 3.63) is 6.07 Å². The minimum atomic E-state index is 0.297. The molecule has 0 aromatic carbocycles. The van der Waals surface area contributed by atoms with Crippen LogP contribution >= 0.6 is 0 Å². The van der Waals surface area contributed by atoms with E-state index >= 15 is 0 Å². The number of hydrogen-bond acceptors (Lipinski definition) is 5. The number of nitrogens with zero attached hydrogens (tertiary/aromatic N) is 2. The third kappa shape index (κ3) is 2.49. The Morgan fingerprint density at radius 1 is 1.40 bits per heavy atom. The molecule has 1 aromatic heterocycles. The maximum atomic E-state index is 5.59. The van der Waals surface area contributed by atoms with Gasteiger partial charge in [-0.2, -0.15) is 9.97 Å². The molecule has 1 aromatic rings. The van der Waals surface area contributed by atoms with Gasteiger partial charge >= 0.3 is 0 Å². The highest BCUT2D eigenvalue weighted by molar-refractivity contribution is 5.50. The molecule has 15 heavy (non-hydrogen) atoms. The van der Waals surface area contributed by atoms with Crippen molar-refractivity contribution < 1.29 is 0 Å². The highest BCUT2D eigenvalue weighted by Crippen LogP contribution is 2.44. The zero-order chi connectivity index (χ0) is 10.9. The van der Waals surface area contributed by atoms with Crippen LogP contribution in [0.15, 0.2) is 6.07 Å². The SMILES string of the molecule is CNc1cc(NCC2(C)CC2)nc(N)n1. The van der Waals surface area contributed by atoms with Crippen LogP contribution in [0.2, 0.25) is 0 Å². The Bertz CT molecular complexity index is 359. The van der Waals surface area contributed by atoms with E-state index in [1.807, 2.05) is 13.1 Å². The van der Waals surface area contributed by atoms with Gasteiger partial charge in [-0.1, -0.05) is 6.92 Å². The standard InChI is InChI=1S/C10H17N5/c1-10(3-4-10)6-13-8-5-7(12-2)14-9(11)15-8/h5H,3-4,6H2,1-2H3,(H4,11,12,13,14,15). The van der Waals surface area contributed by atoms with E-state index in [1.54, 1.807) is 0 Å². The molecule has 1 fully saturated rings. The summed E-state index contributed by atoms with van der Waals surface area (Å²) in [5, 5.41) is 6.24. The molecule has 0 amide bonds. The summed E-state index contributed by atoms with van der Waals surface area (Å²) in [4.78, 5) is 8.16. The summed E-state index contributed by atoms with van der Waals surface area (Å²) in [6.07, 6.45) is 2.58. The molecule has 0 radical (unpaired) electrons. The Hall–Kier alpha value is -1.52. The third-order valence-corrected chi connectivity index (χ3v) is 2.80. The molecule has 0 bridgehead atoms. The van der Waals surface area contributed by atoms with E-state index in [0.717, 1.165) is 18.2 Å². The third-order valence-electron chi connectivity index (χ3n) is 2.80. The van der Waals surface area contributed by atoms with Crippen LogP contribution in [0, 0.1) is 5.41 Å². The first kappa shape index (κ1) is 10.0. The number of nitrogens with two attached hydrogens (primary N) is 1. The lowest BCUT2D eigenvalue weighted by Crippen LogP contribution is -2.13. The number of hydrogen-bond donors (Lipinski definition) is 3. The van der Waals surface area contributed by atoms with E-state index in [0.29, 0.717) is 11.4 Å². The number of anilines is 3. The van der Waals surface area contributed by atoms with Gasteiger partial charge in [0.05, 0.1) is 0 Å². The summed E-state index contributed by atoms with van der Waals surface area (Å²) in [5.41, 5.74) is 6.05. The smallest absolute Gasteiger partial charge is 0.223 e. The van der Waals surface area contributed by atoms with Crippen LogP contribution < -0.4 is 16.4 Å². The fraction of sp³-hybridized carbons (Fsp3) is 0.600. The summed E-state index contributed by atoms with van der Waals surface area (Å²) in [7, 11) is 1.81. The summed E-state index contributed by atoms with van der Waals surface area (Å²) in [6, 6.07) is 1.86. The van der Waals surface area contributed by atoms with E-state index in [-0.39, 0.29) is 0 Å². The summed E-state index contributed by atoms with van der Waals surface area (Å²) < 4.78 is 0. The average Bonchev–Trinajstić information content (AvgIpc) is 2.94. The summed E-state index contributed by atoms with van der Waals surface area (Å²) in [6.45, 7) is 3.22. The predicted octanol–water partition coefficient (Wildman–Crippen LogP) is 1.31. The second-order valence-corrected chi connectivity index (χ2v) is 4.41. The lowest BCUT2D eigenvalue weighted by molar-refractivity contribution is 0.609. The molecule has 1 heterocycles. The fourth-order valence-corrected chi connectivity index (χ4v) is 1.38. The van der Waals surface area contributed by atoms with Crippen molar-refractivity contribution in [2.45, 2.75) is 19.8 Å². The molecular formula is C10H17N5. The minimum absolute atomic E-state index is 0.297. The Balaban J connectivity index is 2.03. The van der Waals surface area contributed by atoms with Crippen molar-refractivity contribution >= 4 is 17.6 Å². The highest BCUT2D eigenvalue weighted by Gasteiger charge is 2.36. The normalized spacial score (nSPS) is 17.2. The van der Waals surface area contributed by atoms with Gasteiger partial charge < -0.3 is 16.4 Å². The van der Waals surface area contributed by atoms with Crippen LogP contribution in [0.4, 0.5) is 17.6 Å². The van der Waals surface area contributed by atoms with E-state index in [2.05, 4.69) is 27.5 Å². The van der Waals surface area contributed by atoms with Crippen LogP contribution in [0.25, 0.3) is 0 Å². The topological polar surface area (TPSA) is 75.9 Å². The maximum absolute atomic E-state index is 5.59. The van der Waals surface area contributed by atoms with Gasteiger partial charge in [-0.15, -0.1) is 0 Å². The second-order valence-electron chi connectivity index (χ2n) is 4.41. The molecule has 0 saturated heterocycles. The van der Waals surface area contributed by atoms with E-state index in [4.69, 9.17) is 5.73 Å². The molecule has 2 rings (SSSR count). The molecule has 0 atom stereocenters. The summed E-state index contributed by atoms with van der Waals surface area (Å²) >= 11 is 0. The molecule has 4 N–H and O–H groups in total. The van der Waals surface area contributed by atoms with Gasteiger partial charge in [0.15, 0.2) is 0 Å². The van der Waals surface area contributed by atoms with Gasteiger partial charge in [0, 0.05) is 19.7 Å². The van der Waals surface area contributed by atoms with Gasteiger partial charge in [0.25, 0.3) is 0 Å². The van der Waals surface area contributed by atoms with Crippen LogP contribution in [-0.2, 0) is 0 Å². The Morgan fingerprint density at radius 3 is 2.67 bits per heavy atom.